The van der Waals surface area contributed by atoms with Gasteiger partial charge < -0.3 is 19.9 Å². The predicted octanol–water partition coefficient (Wildman–Crippen LogP) is 4.06. The van der Waals surface area contributed by atoms with Gasteiger partial charge in [0.1, 0.15) is 0 Å². The van der Waals surface area contributed by atoms with Gasteiger partial charge in [0.15, 0.2) is 0 Å². The fourth-order valence-electron chi connectivity index (χ4n) is 4.65. The third kappa shape index (κ3) is 3.51. The SMILES string of the molecule is Cc1ccc2[nH]c3c(c2c1)CC(C(=O)Nc1ccccc1N1CCOCC1)CC3. The molecule has 0 bridgehead atoms. The Balaban J connectivity index is 1.36. The molecule has 150 valence electrons. The molecule has 1 aliphatic carbocycles. The molecule has 3 aromatic rings. The molecule has 2 aliphatic rings. The molecule has 1 aliphatic heterocycles. The quantitative estimate of drug-likeness (QED) is 0.710. The van der Waals surface area contributed by atoms with Crippen molar-refractivity contribution in [2.24, 2.45) is 5.92 Å². The number of para-hydroxylation sites is 2. The van der Waals surface area contributed by atoms with Gasteiger partial charge in [-0.15, -0.1) is 0 Å². The van der Waals surface area contributed by atoms with Gasteiger partial charge in [-0.05, 0) is 56.0 Å². The zero-order chi connectivity index (χ0) is 19.8. The van der Waals surface area contributed by atoms with Crippen LogP contribution in [0.25, 0.3) is 10.9 Å². The highest BCUT2D eigenvalue weighted by molar-refractivity contribution is 5.97. The zero-order valence-corrected chi connectivity index (χ0v) is 16.8. The van der Waals surface area contributed by atoms with Crippen molar-refractivity contribution < 1.29 is 9.53 Å². The van der Waals surface area contributed by atoms with Gasteiger partial charge in [-0.25, -0.2) is 0 Å². The lowest BCUT2D eigenvalue weighted by atomic mass is 9.85. The highest BCUT2D eigenvalue weighted by Gasteiger charge is 2.28. The number of benzene rings is 2. The number of carbonyl (C=O) groups is 1. The second kappa shape index (κ2) is 7.56. The number of aryl methyl sites for hydroxylation is 2. The molecular formula is C24H27N3O2. The molecule has 5 rings (SSSR count). The zero-order valence-electron chi connectivity index (χ0n) is 16.8. The number of anilines is 2. The number of hydrogen-bond donors (Lipinski definition) is 2. The first-order valence-electron chi connectivity index (χ1n) is 10.5. The van der Waals surface area contributed by atoms with E-state index in [2.05, 4.69) is 46.4 Å². The molecule has 0 spiro atoms. The van der Waals surface area contributed by atoms with E-state index in [0.717, 1.165) is 56.9 Å². The van der Waals surface area contributed by atoms with Gasteiger partial charge in [0.05, 0.1) is 24.6 Å². The Kier molecular flexibility index (Phi) is 4.76. The number of ether oxygens (including phenoxy) is 1. The van der Waals surface area contributed by atoms with Gasteiger partial charge >= 0.3 is 0 Å². The van der Waals surface area contributed by atoms with Crippen molar-refractivity contribution in [2.75, 3.05) is 36.5 Å². The largest absolute Gasteiger partial charge is 0.378 e. The van der Waals surface area contributed by atoms with Crippen LogP contribution in [-0.2, 0) is 22.4 Å². The van der Waals surface area contributed by atoms with E-state index in [1.807, 2.05) is 18.2 Å². The normalized spacial score (nSPS) is 19.2. The lowest BCUT2D eigenvalue weighted by Gasteiger charge is -2.31. The monoisotopic (exact) mass is 389 g/mol. The molecule has 0 radical (unpaired) electrons. The minimum atomic E-state index is -0.000225. The van der Waals surface area contributed by atoms with Gasteiger partial charge in [-0.1, -0.05) is 23.8 Å². The van der Waals surface area contributed by atoms with Crippen molar-refractivity contribution in [3.8, 4) is 0 Å². The average molecular weight is 389 g/mol. The highest BCUT2D eigenvalue weighted by Crippen LogP contribution is 2.34. The Labute approximate surface area is 171 Å². The molecule has 1 unspecified atom stereocenters. The second-order valence-corrected chi connectivity index (χ2v) is 8.18. The average Bonchev–Trinajstić information content (AvgIpc) is 3.12. The van der Waals surface area contributed by atoms with Crippen LogP contribution in [-0.4, -0.2) is 37.2 Å². The fraction of sp³-hybridized carbons (Fsp3) is 0.375. The molecular weight excluding hydrogens is 362 g/mol. The summed E-state index contributed by atoms with van der Waals surface area (Å²) in [6, 6.07) is 14.6. The van der Waals surface area contributed by atoms with Gasteiger partial charge in [0.2, 0.25) is 5.91 Å². The summed E-state index contributed by atoms with van der Waals surface area (Å²) in [6.07, 6.45) is 2.60. The van der Waals surface area contributed by atoms with Crippen LogP contribution in [0.2, 0.25) is 0 Å². The van der Waals surface area contributed by atoms with Crippen LogP contribution in [0.1, 0.15) is 23.2 Å². The number of amides is 1. The number of morpholine rings is 1. The molecule has 1 aromatic heterocycles. The molecule has 2 heterocycles. The maximum atomic E-state index is 13.2. The van der Waals surface area contributed by atoms with Crippen molar-refractivity contribution >= 4 is 28.2 Å². The van der Waals surface area contributed by atoms with E-state index in [9.17, 15) is 4.79 Å². The molecule has 1 saturated heterocycles. The minimum absolute atomic E-state index is 0.000225. The van der Waals surface area contributed by atoms with Crippen molar-refractivity contribution in [3.63, 3.8) is 0 Å². The lowest BCUT2D eigenvalue weighted by molar-refractivity contribution is -0.120. The van der Waals surface area contributed by atoms with Crippen LogP contribution in [0.5, 0.6) is 0 Å². The Morgan fingerprint density at radius 1 is 1.17 bits per heavy atom. The topological polar surface area (TPSA) is 57.4 Å². The van der Waals surface area contributed by atoms with E-state index in [1.54, 1.807) is 0 Å². The Morgan fingerprint density at radius 3 is 2.86 bits per heavy atom. The third-order valence-electron chi connectivity index (χ3n) is 6.23. The van der Waals surface area contributed by atoms with E-state index in [-0.39, 0.29) is 11.8 Å². The van der Waals surface area contributed by atoms with E-state index in [0.29, 0.717) is 0 Å². The molecule has 5 nitrogen and oxygen atoms in total. The Bertz CT molecular complexity index is 1050. The molecule has 1 amide bonds. The predicted molar refractivity (Wildman–Crippen MR) is 117 cm³/mol. The number of fused-ring (bicyclic) bond motifs is 3. The van der Waals surface area contributed by atoms with Crippen molar-refractivity contribution in [2.45, 2.75) is 26.2 Å². The summed E-state index contributed by atoms with van der Waals surface area (Å²) in [7, 11) is 0. The summed E-state index contributed by atoms with van der Waals surface area (Å²) >= 11 is 0. The van der Waals surface area contributed by atoms with Crippen LogP contribution < -0.4 is 10.2 Å². The first-order valence-corrected chi connectivity index (χ1v) is 10.5. The van der Waals surface area contributed by atoms with Crippen LogP contribution >= 0.6 is 0 Å². The summed E-state index contributed by atoms with van der Waals surface area (Å²) in [4.78, 5) is 19.0. The molecule has 5 heteroatoms. The molecule has 1 fully saturated rings. The number of rotatable bonds is 3. The number of carbonyl (C=O) groups excluding carboxylic acids is 1. The second-order valence-electron chi connectivity index (χ2n) is 8.18. The molecule has 0 saturated carbocycles. The third-order valence-corrected chi connectivity index (χ3v) is 6.23. The minimum Gasteiger partial charge on any atom is -0.378 e. The van der Waals surface area contributed by atoms with Crippen LogP contribution in [0, 0.1) is 12.8 Å². The van der Waals surface area contributed by atoms with Gasteiger partial charge in [0, 0.05) is 35.6 Å². The lowest BCUT2D eigenvalue weighted by Crippen LogP contribution is -2.37. The van der Waals surface area contributed by atoms with Crippen LogP contribution in [0.3, 0.4) is 0 Å². The smallest absolute Gasteiger partial charge is 0.227 e. The first kappa shape index (κ1) is 18.3. The Hall–Kier alpha value is -2.79. The number of hydrogen-bond acceptors (Lipinski definition) is 3. The van der Waals surface area contributed by atoms with Crippen molar-refractivity contribution in [1.29, 1.82) is 0 Å². The Morgan fingerprint density at radius 2 is 2.00 bits per heavy atom. The van der Waals surface area contributed by atoms with Gasteiger partial charge in [0.25, 0.3) is 0 Å². The molecule has 2 N–H and O–H groups in total. The summed E-state index contributed by atoms with van der Waals surface area (Å²) in [6.45, 7) is 5.29. The summed E-state index contributed by atoms with van der Waals surface area (Å²) < 4.78 is 5.47. The van der Waals surface area contributed by atoms with Crippen LogP contribution in [0.15, 0.2) is 42.5 Å². The number of aromatic amines is 1. The van der Waals surface area contributed by atoms with Crippen molar-refractivity contribution in [3.05, 3.63) is 59.3 Å². The van der Waals surface area contributed by atoms with Gasteiger partial charge in [-0.2, -0.15) is 0 Å². The van der Waals surface area contributed by atoms with Crippen LogP contribution in [0.4, 0.5) is 11.4 Å². The number of aromatic nitrogens is 1. The van der Waals surface area contributed by atoms with E-state index < -0.39 is 0 Å². The highest BCUT2D eigenvalue weighted by atomic mass is 16.5. The van der Waals surface area contributed by atoms with E-state index in [1.165, 1.54) is 27.7 Å². The fourth-order valence-corrected chi connectivity index (χ4v) is 4.65. The molecule has 1 atom stereocenters. The standard InChI is InChI=1S/C24H27N3O2/c1-16-6-8-20-18(14-16)19-15-17(7-9-21(19)25-20)24(28)26-22-4-2-3-5-23(22)27-10-12-29-13-11-27/h2-6,8,14,17,25H,7,9-13,15H2,1H3,(H,26,28). The van der Waals surface area contributed by atoms with Crippen molar-refractivity contribution in [1.82, 2.24) is 4.98 Å². The summed E-state index contributed by atoms with van der Waals surface area (Å²) in [5.74, 6) is 0.123. The first-order chi connectivity index (χ1) is 14.2. The number of nitrogens with one attached hydrogen (secondary N) is 2. The molecule has 29 heavy (non-hydrogen) atoms. The number of nitrogens with zero attached hydrogens (tertiary/aromatic N) is 1. The van der Waals surface area contributed by atoms with E-state index in [4.69, 9.17) is 4.74 Å². The maximum absolute atomic E-state index is 13.2. The summed E-state index contributed by atoms with van der Waals surface area (Å²) in [5, 5.41) is 4.50. The van der Waals surface area contributed by atoms with Gasteiger partial charge in [-0.3, -0.25) is 4.79 Å². The maximum Gasteiger partial charge on any atom is 0.227 e. The molecule has 2 aromatic carbocycles. The summed E-state index contributed by atoms with van der Waals surface area (Å²) in [5.41, 5.74) is 7.04. The number of H-pyrrole nitrogens is 1. The van der Waals surface area contributed by atoms with E-state index >= 15 is 0 Å².